The summed E-state index contributed by atoms with van der Waals surface area (Å²) in [5.74, 6) is -0.190. The summed E-state index contributed by atoms with van der Waals surface area (Å²) in [6, 6.07) is -0.834. The van der Waals surface area contributed by atoms with Gasteiger partial charge < -0.3 is 45.1 Å². The molecule has 1 saturated heterocycles. The molecule has 7 atom stereocenters. The SMILES string of the molecule is C/C=C/CC/C=C/CC/C=C/C(O)C(COC1OC(CO)C(O)C(O)C1O)NC(=O)CCCCCCCCCCCCCCCCC/C=C\C/C=C\CCCCCCCCCCCOC(=O)CCCCCCCCCCCCCCCCCCC. The van der Waals surface area contributed by atoms with E-state index < -0.39 is 49.5 Å². The summed E-state index contributed by atoms with van der Waals surface area (Å²) in [6.07, 6.45) is 74.0. The molecule has 0 radical (unpaired) electrons. The molecular formula is C74H135NO10. The number of ether oxygens (including phenoxy) is 3. The van der Waals surface area contributed by atoms with Gasteiger partial charge in [-0.15, -0.1) is 0 Å². The molecule has 6 N–H and O–H groups in total. The molecule has 11 nitrogen and oxygen atoms in total. The first-order valence-corrected chi connectivity index (χ1v) is 36.0. The molecule has 0 aromatic carbocycles. The fraction of sp³-hybridized carbons (Fsp3) is 0.838. The lowest BCUT2D eigenvalue weighted by Gasteiger charge is -2.40. The topological polar surface area (TPSA) is 175 Å². The van der Waals surface area contributed by atoms with Crippen molar-refractivity contribution >= 4 is 11.9 Å². The quantitative estimate of drug-likeness (QED) is 0.0195. The summed E-state index contributed by atoms with van der Waals surface area (Å²) >= 11 is 0. The van der Waals surface area contributed by atoms with Crippen LogP contribution in [-0.2, 0) is 23.8 Å². The van der Waals surface area contributed by atoms with Crippen molar-refractivity contribution in [2.45, 2.75) is 378 Å². The van der Waals surface area contributed by atoms with Crippen molar-refractivity contribution in [1.82, 2.24) is 5.32 Å². The molecule has 1 rings (SSSR count). The Bertz CT molecular complexity index is 1600. The number of amides is 1. The van der Waals surface area contributed by atoms with Crippen LogP contribution >= 0.6 is 0 Å². The number of hydrogen-bond donors (Lipinski definition) is 6. The largest absolute Gasteiger partial charge is 0.466 e. The van der Waals surface area contributed by atoms with Gasteiger partial charge in [0, 0.05) is 12.8 Å². The van der Waals surface area contributed by atoms with Crippen LogP contribution < -0.4 is 5.32 Å². The molecule has 0 bridgehead atoms. The smallest absolute Gasteiger partial charge is 0.305 e. The van der Waals surface area contributed by atoms with Crippen molar-refractivity contribution in [3.63, 3.8) is 0 Å². The Hall–Kier alpha value is -2.64. The third-order valence-electron chi connectivity index (χ3n) is 16.9. The number of aliphatic hydroxyl groups excluding tert-OH is 5. The van der Waals surface area contributed by atoms with Gasteiger partial charge in [-0.3, -0.25) is 9.59 Å². The van der Waals surface area contributed by atoms with Gasteiger partial charge in [-0.25, -0.2) is 0 Å². The zero-order valence-electron chi connectivity index (χ0n) is 55.1. The number of allylic oxidation sites excluding steroid dienone is 9. The Morgan fingerprint density at radius 2 is 0.847 bits per heavy atom. The summed E-state index contributed by atoms with van der Waals surface area (Å²) < 4.78 is 16.7. The van der Waals surface area contributed by atoms with E-state index in [1.165, 1.54) is 238 Å². The van der Waals surface area contributed by atoms with Crippen molar-refractivity contribution in [3.05, 3.63) is 60.8 Å². The van der Waals surface area contributed by atoms with E-state index in [4.69, 9.17) is 14.2 Å². The molecule has 1 amide bonds. The van der Waals surface area contributed by atoms with Gasteiger partial charge in [0.2, 0.25) is 5.91 Å². The fourth-order valence-electron chi connectivity index (χ4n) is 11.3. The summed E-state index contributed by atoms with van der Waals surface area (Å²) in [6.45, 7) is 4.12. The Morgan fingerprint density at radius 3 is 1.29 bits per heavy atom. The molecule has 11 heteroatoms. The van der Waals surface area contributed by atoms with Gasteiger partial charge >= 0.3 is 5.97 Å². The third-order valence-corrected chi connectivity index (χ3v) is 16.9. The minimum absolute atomic E-state index is 0.00868. The van der Waals surface area contributed by atoms with Gasteiger partial charge in [0.05, 0.1) is 32.0 Å². The summed E-state index contributed by atoms with van der Waals surface area (Å²) in [7, 11) is 0. The highest BCUT2D eigenvalue weighted by molar-refractivity contribution is 5.76. The van der Waals surface area contributed by atoms with E-state index in [2.05, 4.69) is 54.8 Å². The number of unbranched alkanes of at least 4 members (excludes halogenated alkanes) is 42. The number of aliphatic hydroxyl groups is 5. The van der Waals surface area contributed by atoms with Crippen LogP contribution in [0.5, 0.6) is 0 Å². The summed E-state index contributed by atoms with van der Waals surface area (Å²) in [5.41, 5.74) is 0. The maximum Gasteiger partial charge on any atom is 0.305 e. The van der Waals surface area contributed by atoms with Gasteiger partial charge in [-0.1, -0.05) is 299 Å². The van der Waals surface area contributed by atoms with Crippen LogP contribution in [0.4, 0.5) is 0 Å². The average molecular weight is 1200 g/mol. The highest BCUT2D eigenvalue weighted by atomic mass is 16.7. The predicted molar refractivity (Wildman–Crippen MR) is 357 cm³/mol. The molecule has 0 aromatic rings. The summed E-state index contributed by atoms with van der Waals surface area (Å²) in [5, 5.41) is 54.2. The van der Waals surface area contributed by atoms with E-state index >= 15 is 0 Å². The van der Waals surface area contributed by atoms with E-state index in [-0.39, 0.29) is 18.5 Å². The number of rotatable bonds is 63. The zero-order chi connectivity index (χ0) is 61.6. The molecule has 1 aliphatic heterocycles. The standard InChI is InChI=1S/C74H135NO10/c1-3-5-7-9-11-13-14-15-16-32-36-39-42-46-50-54-58-62-70(79)83-63-59-55-51-47-43-40-37-34-31-29-27-25-23-21-19-17-18-20-22-24-26-28-30-33-35-38-41-45-49-53-57-61-69(78)75-66(67(77)60-56-52-48-44-12-10-8-6-4-2)65-84-74-73(82)72(81)71(80)68(64-76)85-74/h4,6,12,19,21,25,27,44,56,60,66-68,71-74,76-77,80-82H,3,5,7-11,13-18,20,22-24,26,28-43,45-55,57-59,61-65H2,1-2H3,(H,75,78)/b6-4+,21-19-,27-25-,44-12+,60-56+. The maximum absolute atomic E-state index is 13.0. The second-order valence-corrected chi connectivity index (χ2v) is 24.9. The second-order valence-electron chi connectivity index (χ2n) is 24.9. The first-order valence-electron chi connectivity index (χ1n) is 36.0. The Balaban J connectivity index is 1.91. The molecule has 1 aliphatic rings. The number of hydrogen-bond acceptors (Lipinski definition) is 10. The third kappa shape index (κ3) is 51.9. The number of esters is 1. The molecule has 1 heterocycles. The first-order chi connectivity index (χ1) is 41.7. The predicted octanol–water partition coefficient (Wildman–Crippen LogP) is 18.5. The van der Waals surface area contributed by atoms with Gasteiger partial charge in [-0.2, -0.15) is 0 Å². The van der Waals surface area contributed by atoms with Gasteiger partial charge in [0.1, 0.15) is 24.4 Å². The van der Waals surface area contributed by atoms with E-state index in [0.717, 1.165) is 70.6 Å². The molecule has 0 aliphatic carbocycles. The molecule has 0 saturated carbocycles. The van der Waals surface area contributed by atoms with E-state index in [0.29, 0.717) is 19.4 Å². The van der Waals surface area contributed by atoms with Crippen molar-refractivity contribution in [2.75, 3.05) is 19.8 Å². The second kappa shape index (κ2) is 62.9. The van der Waals surface area contributed by atoms with Crippen molar-refractivity contribution in [3.8, 4) is 0 Å². The number of carbonyl (C=O) groups excluding carboxylic acids is 2. The lowest BCUT2D eigenvalue weighted by Crippen LogP contribution is -2.60. The minimum Gasteiger partial charge on any atom is -0.466 e. The zero-order valence-corrected chi connectivity index (χ0v) is 55.1. The lowest BCUT2D eigenvalue weighted by molar-refractivity contribution is -0.302. The van der Waals surface area contributed by atoms with Crippen LogP contribution in [0.1, 0.15) is 335 Å². The Morgan fingerprint density at radius 1 is 0.459 bits per heavy atom. The van der Waals surface area contributed by atoms with Crippen molar-refractivity contribution < 1.29 is 49.3 Å². The molecule has 1 fully saturated rings. The maximum atomic E-state index is 13.0. The number of carbonyl (C=O) groups is 2. The fourth-order valence-corrected chi connectivity index (χ4v) is 11.3. The van der Waals surface area contributed by atoms with Crippen molar-refractivity contribution in [1.29, 1.82) is 0 Å². The van der Waals surface area contributed by atoms with E-state index in [1.54, 1.807) is 6.08 Å². The first kappa shape index (κ1) is 80.4. The Kier molecular flexibility index (Phi) is 59.5. The van der Waals surface area contributed by atoms with E-state index in [9.17, 15) is 35.1 Å². The van der Waals surface area contributed by atoms with Crippen molar-refractivity contribution in [2.24, 2.45) is 0 Å². The molecule has 7 unspecified atom stereocenters. The van der Waals surface area contributed by atoms with Gasteiger partial charge in [0.25, 0.3) is 0 Å². The minimum atomic E-state index is -1.58. The average Bonchev–Trinajstić information content (AvgIpc) is 3.71. The molecule has 0 spiro atoms. The molecule has 496 valence electrons. The van der Waals surface area contributed by atoms with Crippen LogP contribution in [0.25, 0.3) is 0 Å². The van der Waals surface area contributed by atoms with Gasteiger partial charge in [-0.05, 0) is 84.0 Å². The van der Waals surface area contributed by atoms with Crippen LogP contribution in [0.15, 0.2) is 60.8 Å². The molecule has 0 aromatic heterocycles. The normalized spacial score (nSPS) is 18.3. The van der Waals surface area contributed by atoms with Crippen LogP contribution in [0.3, 0.4) is 0 Å². The monoisotopic (exact) mass is 1200 g/mol. The van der Waals surface area contributed by atoms with E-state index in [1.807, 2.05) is 19.1 Å². The molecular weight excluding hydrogens is 1060 g/mol. The van der Waals surface area contributed by atoms with Gasteiger partial charge in [0.15, 0.2) is 6.29 Å². The summed E-state index contributed by atoms with van der Waals surface area (Å²) in [4.78, 5) is 25.1. The highest BCUT2D eigenvalue weighted by Gasteiger charge is 2.44. The van der Waals surface area contributed by atoms with Crippen LogP contribution in [0.2, 0.25) is 0 Å². The number of nitrogens with one attached hydrogen (secondary N) is 1. The molecule has 85 heavy (non-hydrogen) atoms. The van der Waals surface area contributed by atoms with Crippen LogP contribution in [-0.4, -0.2) is 100 Å². The van der Waals surface area contributed by atoms with Crippen LogP contribution in [0, 0.1) is 0 Å². The highest BCUT2D eigenvalue weighted by Crippen LogP contribution is 2.23. The Labute approximate surface area is 522 Å². The lowest BCUT2D eigenvalue weighted by atomic mass is 9.99.